The summed E-state index contributed by atoms with van der Waals surface area (Å²) in [6, 6.07) is 0. The molecule has 5 unspecified atom stereocenters. The van der Waals surface area contributed by atoms with Gasteiger partial charge in [-0.1, -0.05) is 335 Å². The lowest BCUT2D eigenvalue weighted by atomic mass is 10.0. The highest BCUT2D eigenvalue weighted by molar-refractivity contribution is 7.47. The van der Waals surface area contributed by atoms with Crippen molar-refractivity contribution < 1.29 is 80.2 Å². The zero-order valence-corrected chi connectivity index (χ0v) is 71.2. The van der Waals surface area contributed by atoms with Crippen LogP contribution in [0.4, 0.5) is 0 Å². The van der Waals surface area contributed by atoms with E-state index in [1.54, 1.807) is 0 Å². The largest absolute Gasteiger partial charge is 0.472 e. The van der Waals surface area contributed by atoms with Crippen LogP contribution in [0.3, 0.4) is 0 Å². The Morgan fingerprint density at radius 2 is 0.473 bits per heavy atom. The Bertz CT molecular complexity index is 2600. The van der Waals surface area contributed by atoms with Crippen molar-refractivity contribution in [1.29, 1.82) is 0 Å². The van der Waals surface area contributed by atoms with Crippen molar-refractivity contribution in [2.75, 3.05) is 39.6 Å². The maximum Gasteiger partial charge on any atom is 0.472 e. The molecule has 0 heterocycles. The first-order valence-corrected chi connectivity index (χ1v) is 46.4. The summed E-state index contributed by atoms with van der Waals surface area (Å²) in [4.78, 5) is 73.3. The molecule has 0 saturated carbocycles. The minimum Gasteiger partial charge on any atom is -0.462 e. The molecule has 0 fully saturated rings. The average Bonchev–Trinajstić information content (AvgIpc) is 0.906. The third-order valence-electron chi connectivity index (χ3n) is 18.1. The summed E-state index contributed by atoms with van der Waals surface area (Å²) in [5.41, 5.74) is 0. The molecular formula is C91H156O17P2. The van der Waals surface area contributed by atoms with E-state index in [0.717, 1.165) is 218 Å². The second kappa shape index (κ2) is 82.2. The third kappa shape index (κ3) is 81.2. The first kappa shape index (κ1) is 105. The molecule has 632 valence electrons. The lowest BCUT2D eigenvalue weighted by Gasteiger charge is -2.21. The molecule has 0 radical (unpaired) electrons. The van der Waals surface area contributed by atoms with Crippen molar-refractivity contribution in [3.8, 4) is 0 Å². The Hall–Kier alpha value is -4.80. The third-order valence-corrected chi connectivity index (χ3v) is 20.0. The summed E-state index contributed by atoms with van der Waals surface area (Å²) in [6.45, 7) is 4.56. The first-order chi connectivity index (χ1) is 53.7. The molecule has 0 aliphatic rings. The highest BCUT2D eigenvalue weighted by atomic mass is 31.2. The predicted molar refractivity (Wildman–Crippen MR) is 454 cm³/mol. The molecule has 0 aromatic rings. The number of phosphoric ester groups is 2. The van der Waals surface area contributed by atoms with Gasteiger partial charge in [-0.3, -0.25) is 37.3 Å². The molecule has 110 heavy (non-hydrogen) atoms. The average molecular weight is 1580 g/mol. The van der Waals surface area contributed by atoms with Crippen molar-refractivity contribution in [2.24, 2.45) is 0 Å². The zero-order chi connectivity index (χ0) is 80.3. The topological polar surface area (TPSA) is 237 Å². The number of aliphatic hydroxyl groups is 1. The molecule has 0 saturated heterocycles. The molecule has 0 aliphatic heterocycles. The Balaban J connectivity index is 5.39. The quantitative estimate of drug-likeness (QED) is 0.0169. The number of hydrogen-bond acceptors (Lipinski definition) is 15. The smallest absolute Gasteiger partial charge is 0.462 e. The van der Waals surface area contributed by atoms with E-state index in [0.29, 0.717) is 25.7 Å². The maximum atomic E-state index is 13.2. The minimum absolute atomic E-state index is 0.0780. The molecule has 0 aromatic heterocycles. The second-order valence-corrected chi connectivity index (χ2v) is 31.6. The fraction of sp³-hybridized carbons (Fsp3) is 0.714. The Morgan fingerprint density at radius 1 is 0.264 bits per heavy atom. The van der Waals surface area contributed by atoms with E-state index < -0.39 is 97.5 Å². The number of hydrogen-bond donors (Lipinski definition) is 3. The predicted octanol–water partition coefficient (Wildman–Crippen LogP) is 26.0. The standard InChI is InChI=1S/C91H156O17P2/c1-5-9-13-17-21-25-29-33-37-40-42-45-48-51-55-59-63-67-71-75-88(93)101-81-86(107-90(95)77-73-69-65-61-57-53-47-36-32-28-24-20-16-12-8-4)83-105-109(97,98)103-79-85(92)80-104-110(99,100)106-84-87(108-91(96)78-74-70-66-62-58-54-50-44-39-35-31-27-23-19-15-11-7-3)82-102-89(94)76-72-68-64-60-56-52-49-46-43-41-38-34-30-26-22-18-14-10-6-2/h9-11,13-15,21-23,25-27,33-35,37-39,42-43,45-46,85-87,92H,5-8,12,16-20,24,28-32,36,40-41,44,47-84H2,1-4H3,(H,97,98)(H,99,100)/b13-9-,14-10-,15-11-,25-21-,26-22-,27-23-,37-33-,38-34-,39-35-,45-42-,46-43-. The van der Waals surface area contributed by atoms with Gasteiger partial charge in [-0.25, -0.2) is 9.13 Å². The van der Waals surface area contributed by atoms with Crippen LogP contribution in [0.15, 0.2) is 134 Å². The normalized spacial score (nSPS) is 14.4. The summed E-state index contributed by atoms with van der Waals surface area (Å²) < 4.78 is 68.9. The monoisotopic (exact) mass is 1580 g/mol. The van der Waals surface area contributed by atoms with Gasteiger partial charge in [-0.05, 0) is 135 Å². The van der Waals surface area contributed by atoms with Gasteiger partial charge < -0.3 is 33.8 Å². The van der Waals surface area contributed by atoms with Gasteiger partial charge in [-0.15, -0.1) is 0 Å². The van der Waals surface area contributed by atoms with Crippen LogP contribution in [-0.2, 0) is 65.4 Å². The van der Waals surface area contributed by atoms with Crippen LogP contribution in [0.1, 0.15) is 362 Å². The van der Waals surface area contributed by atoms with Crippen molar-refractivity contribution in [3.63, 3.8) is 0 Å². The SMILES string of the molecule is CC/C=C\C/C=C\C/C=C\C/C=C\CCCCCCCCC(=O)OCC(COP(=O)(O)OCC(O)COP(=O)(O)OCC(COC(=O)CCCCCCCC/C=C\C/C=C\C/C=C\C/C=C\CC)OC(=O)CCCCCCCCCCCCCCCCC)OC(=O)CCCCCCCCC/C=C\C/C=C\C/C=C\CC. The Kier molecular flexibility index (Phi) is 78.6. The number of phosphoric acid groups is 2. The van der Waals surface area contributed by atoms with E-state index in [1.807, 2.05) is 0 Å². The van der Waals surface area contributed by atoms with Crippen LogP contribution in [0.2, 0.25) is 0 Å². The molecule has 5 atom stereocenters. The molecule has 0 amide bonds. The number of aliphatic hydroxyl groups excluding tert-OH is 1. The van der Waals surface area contributed by atoms with Crippen molar-refractivity contribution in [1.82, 2.24) is 0 Å². The van der Waals surface area contributed by atoms with E-state index in [1.165, 1.54) is 64.2 Å². The summed E-state index contributed by atoms with van der Waals surface area (Å²) in [5.74, 6) is -2.20. The number of allylic oxidation sites excluding steroid dienone is 22. The van der Waals surface area contributed by atoms with Gasteiger partial charge in [0.25, 0.3) is 0 Å². The minimum atomic E-state index is -4.99. The molecule has 3 N–H and O–H groups in total. The van der Waals surface area contributed by atoms with Crippen LogP contribution in [0.25, 0.3) is 0 Å². The summed E-state index contributed by atoms with van der Waals surface area (Å²) in [7, 11) is -9.98. The van der Waals surface area contributed by atoms with Crippen LogP contribution in [0.5, 0.6) is 0 Å². The van der Waals surface area contributed by atoms with Gasteiger partial charge in [-0.2, -0.15) is 0 Å². The van der Waals surface area contributed by atoms with Crippen molar-refractivity contribution >= 4 is 39.5 Å². The molecule has 17 nitrogen and oxygen atoms in total. The van der Waals surface area contributed by atoms with Crippen LogP contribution in [-0.4, -0.2) is 96.7 Å². The second-order valence-electron chi connectivity index (χ2n) is 28.7. The zero-order valence-electron chi connectivity index (χ0n) is 69.4. The van der Waals surface area contributed by atoms with E-state index in [2.05, 4.69) is 161 Å². The lowest BCUT2D eigenvalue weighted by Crippen LogP contribution is -2.30. The van der Waals surface area contributed by atoms with Gasteiger partial charge in [0.2, 0.25) is 0 Å². The van der Waals surface area contributed by atoms with Crippen LogP contribution < -0.4 is 0 Å². The molecule has 0 spiro atoms. The molecule has 0 aliphatic carbocycles. The van der Waals surface area contributed by atoms with Crippen LogP contribution in [0, 0.1) is 0 Å². The van der Waals surface area contributed by atoms with Gasteiger partial charge in [0, 0.05) is 25.7 Å². The molecule has 0 aromatic carbocycles. The van der Waals surface area contributed by atoms with Gasteiger partial charge >= 0.3 is 39.5 Å². The number of esters is 4. The van der Waals surface area contributed by atoms with E-state index in [9.17, 15) is 43.2 Å². The highest BCUT2D eigenvalue weighted by Gasteiger charge is 2.30. The van der Waals surface area contributed by atoms with Crippen LogP contribution >= 0.6 is 15.6 Å². The number of unbranched alkanes of at least 4 members (excludes halogenated alkanes) is 33. The summed E-state index contributed by atoms with van der Waals surface area (Å²) in [5, 5.41) is 10.7. The lowest BCUT2D eigenvalue weighted by molar-refractivity contribution is -0.161. The number of ether oxygens (including phenoxy) is 4. The van der Waals surface area contributed by atoms with Crippen molar-refractivity contribution in [3.05, 3.63) is 134 Å². The molecular weight excluding hydrogens is 1430 g/mol. The molecule has 0 bridgehead atoms. The number of rotatable bonds is 81. The van der Waals surface area contributed by atoms with E-state index >= 15 is 0 Å². The van der Waals surface area contributed by atoms with E-state index in [-0.39, 0.29) is 25.7 Å². The number of carbonyl (C=O) groups is 4. The van der Waals surface area contributed by atoms with Gasteiger partial charge in [0.05, 0.1) is 26.4 Å². The molecule has 0 rings (SSSR count). The Labute approximate surface area is 669 Å². The summed E-state index contributed by atoms with van der Waals surface area (Å²) >= 11 is 0. The Morgan fingerprint density at radius 3 is 0.727 bits per heavy atom. The number of carbonyl (C=O) groups excluding carboxylic acids is 4. The van der Waals surface area contributed by atoms with Crippen molar-refractivity contribution in [2.45, 2.75) is 380 Å². The fourth-order valence-corrected chi connectivity index (χ4v) is 13.2. The van der Waals surface area contributed by atoms with Gasteiger partial charge in [0.1, 0.15) is 19.3 Å². The summed E-state index contributed by atoms with van der Waals surface area (Å²) in [6.07, 6.45) is 94.0. The highest BCUT2D eigenvalue weighted by Crippen LogP contribution is 2.45. The molecule has 19 heteroatoms. The maximum absolute atomic E-state index is 13.2. The fourth-order valence-electron chi connectivity index (χ4n) is 11.6. The van der Waals surface area contributed by atoms with E-state index in [4.69, 9.17) is 37.0 Å². The van der Waals surface area contributed by atoms with Gasteiger partial charge in [0.15, 0.2) is 12.2 Å². The first-order valence-electron chi connectivity index (χ1n) is 43.4.